The summed E-state index contributed by atoms with van der Waals surface area (Å²) in [5.41, 5.74) is 1.04. The molecule has 0 aliphatic heterocycles. The van der Waals surface area contributed by atoms with Gasteiger partial charge in [0.15, 0.2) is 0 Å². The van der Waals surface area contributed by atoms with E-state index in [1.54, 1.807) is 18.4 Å². The van der Waals surface area contributed by atoms with Gasteiger partial charge >= 0.3 is 0 Å². The molecular formula is C12H15N3OS. The number of ether oxygens (including phenoxy) is 1. The van der Waals surface area contributed by atoms with Crippen LogP contribution in [-0.2, 0) is 0 Å². The fourth-order valence-electron chi connectivity index (χ4n) is 1.41. The van der Waals surface area contributed by atoms with E-state index >= 15 is 0 Å². The van der Waals surface area contributed by atoms with Crippen LogP contribution in [0.25, 0.3) is 10.6 Å². The summed E-state index contributed by atoms with van der Waals surface area (Å²) in [5, 5.41) is 13.4. The molecule has 2 rings (SSSR count). The van der Waals surface area contributed by atoms with E-state index < -0.39 is 0 Å². The Morgan fingerprint density at radius 3 is 2.88 bits per heavy atom. The third kappa shape index (κ3) is 2.62. The van der Waals surface area contributed by atoms with E-state index in [1.165, 1.54) is 0 Å². The molecule has 1 aromatic heterocycles. The molecule has 90 valence electrons. The van der Waals surface area contributed by atoms with E-state index in [9.17, 15) is 0 Å². The van der Waals surface area contributed by atoms with Crippen molar-refractivity contribution in [3.63, 3.8) is 0 Å². The minimum absolute atomic E-state index is 0.229. The standard InChI is InChI=1S/C12H15N3OS/c1-8(13-2)11-14-15-12(17-11)9-5-4-6-10(7-9)16-3/h4-8,13H,1-3H3. The van der Waals surface area contributed by atoms with Crippen LogP contribution in [0.2, 0.25) is 0 Å². The van der Waals surface area contributed by atoms with Crippen molar-refractivity contribution >= 4 is 11.3 Å². The highest BCUT2D eigenvalue weighted by Crippen LogP contribution is 2.28. The zero-order chi connectivity index (χ0) is 12.3. The normalized spacial score (nSPS) is 12.4. The average Bonchev–Trinajstić information content (AvgIpc) is 2.87. The van der Waals surface area contributed by atoms with Crippen LogP contribution in [0.3, 0.4) is 0 Å². The number of hydrogen-bond donors (Lipinski definition) is 1. The molecule has 1 aromatic carbocycles. The summed E-state index contributed by atoms with van der Waals surface area (Å²) in [6.45, 7) is 2.07. The summed E-state index contributed by atoms with van der Waals surface area (Å²) < 4.78 is 5.20. The van der Waals surface area contributed by atoms with Crippen molar-refractivity contribution in [1.29, 1.82) is 0 Å². The maximum atomic E-state index is 5.20. The van der Waals surface area contributed by atoms with Gasteiger partial charge in [0, 0.05) is 5.56 Å². The number of nitrogens with zero attached hydrogens (tertiary/aromatic N) is 2. The van der Waals surface area contributed by atoms with E-state index in [0.717, 1.165) is 21.3 Å². The van der Waals surface area contributed by atoms with Crippen LogP contribution in [0.1, 0.15) is 18.0 Å². The first-order valence-electron chi connectivity index (χ1n) is 5.39. The Morgan fingerprint density at radius 1 is 1.35 bits per heavy atom. The number of methoxy groups -OCH3 is 1. The summed E-state index contributed by atoms with van der Waals surface area (Å²) in [6, 6.07) is 8.08. The highest BCUT2D eigenvalue weighted by Gasteiger charge is 2.11. The fourth-order valence-corrected chi connectivity index (χ4v) is 2.31. The summed E-state index contributed by atoms with van der Waals surface area (Å²) in [6.07, 6.45) is 0. The second-order valence-electron chi connectivity index (χ2n) is 3.69. The molecule has 1 unspecified atom stereocenters. The number of rotatable bonds is 4. The van der Waals surface area contributed by atoms with Crippen molar-refractivity contribution in [3.05, 3.63) is 29.3 Å². The van der Waals surface area contributed by atoms with Crippen LogP contribution >= 0.6 is 11.3 Å². The van der Waals surface area contributed by atoms with E-state index in [-0.39, 0.29) is 6.04 Å². The van der Waals surface area contributed by atoms with Crippen LogP contribution in [0.15, 0.2) is 24.3 Å². The van der Waals surface area contributed by atoms with Crippen LogP contribution in [0.5, 0.6) is 5.75 Å². The van der Waals surface area contributed by atoms with Gasteiger partial charge in [0.25, 0.3) is 0 Å². The van der Waals surface area contributed by atoms with Crippen LogP contribution in [-0.4, -0.2) is 24.4 Å². The Morgan fingerprint density at radius 2 is 2.18 bits per heavy atom. The Labute approximate surface area is 105 Å². The van der Waals surface area contributed by atoms with Crippen molar-refractivity contribution in [2.24, 2.45) is 0 Å². The predicted octanol–water partition coefficient (Wildman–Crippen LogP) is 2.49. The second kappa shape index (κ2) is 5.25. The number of aromatic nitrogens is 2. The zero-order valence-electron chi connectivity index (χ0n) is 10.1. The van der Waals surface area contributed by atoms with Gasteiger partial charge in [-0.3, -0.25) is 0 Å². The zero-order valence-corrected chi connectivity index (χ0v) is 10.9. The molecule has 0 amide bonds. The summed E-state index contributed by atoms with van der Waals surface area (Å²) in [5.74, 6) is 0.834. The minimum Gasteiger partial charge on any atom is -0.497 e. The van der Waals surface area contributed by atoms with Gasteiger partial charge in [0.2, 0.25) is 0 Å². The fraction of sp³-hybridized carbons (Fsp3) is 0.333. The van der Waals surface area contributed by atoms with Crippen LogP contribution < -0.4 is 10.1 Å². The number of nitrogens with one attached hydrogen (secondary N) is 1. The van der Waals surface area contributed by atoms with Gasteiger partial charge in [-0.1, -0.05) is 23.5 Å². The highest BCUT2D eigenvalue weighted by molar-refractivity contribution is 7.14. The first kappa shape index (κ1) is 12.0. The molecule has 0 bridgehead atoms. The second-order valence-corrected chi connectivity index (χ2v) is 4.70. The maximum Gasteiger partial charge on any atom is 0.147 e. The molecule has 1 N–H and O–H groups in total. The summed E-state index contributed by atoms with van der Waals surface area (Å²) in [7, 11) is 3.57. The summed E-state index contributed by atoms with van der Waals surface area (Å²) in [4.78, 5) is 0. The molecule has 0 spiro atoms. The first-order chi connectivity index (χ1) is 8.24. The molecule has 0 saturated carbocycles. The van der Waals surface area contributed by atoms with Gasteiger partial charge < -0.3 is 10.1 Å². The lowest BCUT2D eigenvalue weighted by Crippen LogP contribution is -2.11. The van der Waals surface area contributed by atoms with Crippen molar-refractivity contribution in [2.45, 2.75) is 13.0 Å². The SMILES string of the molecule is CNC(C)c1nnc(-c2cccc(OC)c2)s1. The smallest absolute Gasteiger partial charge is 0.147 e. The lowest BCUT2D eigenvalue weighted by atomic mass is 10.2. The van der Waals surface area contributed by atoms with E-state index in [0.29, 0.717) is 0 Å². The quantitative estimate of drug-likeness (QED) is 0.904. The Kier molecular flexibility index (Phi) is 3.71. The molecular weight excluding hydrogens is 234 g/mol. The number of benzene rings is 1. The lowest BCUT2D eigenvalue weighted by molar-refractivity contribution is 0.415. The molecule has 0 aliphatic rings. The van der Waals surface area contributed by atoms with Crippen molar-refractivity contribution in [1.82, 2.24) is 15.5 Å². The minimum atomic E-state index is 0.229. The van der Waals surface area contributed by atoms with Gasteiger partial charge in [-0.15, -0.1) is 10.2 Å². The molecule has 0 saturated heterocycles. The highest BCUT2D eigenvalue weighted by atomic mass is 32.1. The molecule has 5 heteroatoms. The largest absolute Gasteiger partial charge is 0.497 e. The van der Waals surface area contributed by atoms with Crippen molar-refractivity contribution < 1.29 is 4.74 Å². The van der Waals surface area contributed by atoms with Crippen LogP contribution in [0, 0.1) is 0 Å². The molecule has 0 aliphatic carbocycles. The van der Waals surface area contributed by atoms with Crippen LogP contribution in [0.4, 0.5) is 0 Å². The maximum absolute atomic E-state index is 5.20. The first-order valence-corrected chi connectivity index (χ1v) is 6.21. The average molecular weight is 249 g/mol. The predicted molar refractivity (Wildman–Crippen MR) is 69.4 cm³/mol. The molecule has 17 heavy (non-hydrogen) atoms. The van der Waals surface area contributed by atoms with Crippen molar-refractivity contribution in [3.8, 4) is 16.3 Å². The van der Waals surface area contributed by atoms with E-state index in [4.69, 9.17) is 4.74 Å². The number of hydrogen-bond acceptors (Lipinski definition) is 5. The lowest BCUT2D eigenvalue weighted by Gasteiger charge is -2.03. The summed E-state index contributed by atoms with van der Waals surface area (Å²) >= 11 is 1.60. The Hall–Kier alpha value is -1.46. The van der Waals surface area contributed by atoms with Gasteiger partial charge in [0.1, 0.15) is 15.8 Å². The molecule has 0 fully saturated rings. The molecule has 2 aromatic rings. The topological polar surface area (TPSA) is 47.0 Å². The van der Waals surface area contributed by atoms with Gasteiger partial charge in [-0.05, 0) is 26.1 Å². The molecule has 4 nitrogen and oxygen atoms in total. The monoisotopic (exact) mass is 249 g/mol. The van der Waals surface area contributed by atoms with E-state index in [2.05, 4.69) is 22.4 Å². The third-order valence-corrected chi connectivity index (χ3v) is 3.72. The van der Waals surface area contributed by atoms with Gasteiger partial charge in [-0.25, -0.2) is 0 Å². The molecule has 1 heterocycles. The Balaban J connectivity index is 2.30. The molecule has 1 atom stereocenters. The molecule has 0 radical (unpaired) electrons. The van der Waals surface area contributed by atoms with Gasteiger partial charge in [-0.2, -0.15) is 0 Å². The van der Waals surface area contributed by atoms with Gasteiger partial charge in [0.05, 0.1) is 13.2 Å². The third-order valence-electron chi connectivity index (χ3n) is 2.56. The van der Waals surface area contributed by atoms with E-state index in [1.807, 2.05) is 31.3 Å². The van der Waals surface area contributed by atoms with Crippen molar-refractivity contribution in [2.75, 3.05) is 14.2 Å². The Bertz CT molecular complexity index is 498.